The lowest BCUT2D eigenvalue weighted by atomic mass is 10.2. The molecule has 0 spiro atoms. The maximum absolute atomic E-state index is 5.53. The standard InChI is InChI=1S/C29H34N6O2/c1-6-7-8-12-34-20-22(18-32-34)29-19-31-27-10-9-23(16-28(27)33-29)35(13-11-30-21(2)3)24-14-25(36-4)17-26(15-24)37-5/h9-10,14-21,30H,8,11-13H2,1-5H3. The predicted octanol–water partition coefficient (Wildman–Crippen LogP) is 5.06. The quantitative estimate of drug-likeness (QED) is 0.290. The Kier molecular flexibility index (Phi) is 8.60. The molecule has 0 saturated heterocycles. The van der Waals surface area contributed by atoms with Crippen molar-refractivity contribution in [2.24, 2.45) is 0 Å². The summed E-state index contributed by atoms with van der Waals surface area (Å²) < 4.78 is 13.0. The maximum atomic E-state index is 5.53. The summed E-state index contributed by atoms with van der Waals surface area (Å²) in [5, 5.41) is 7.96. The van der Waals surface area contributed by atoms with Crippen LogP contribution < -0.4 is 19.7 Å². The molecular formula is C29H34N6O2. The first-order valence-corrected chi connectivity index (χ1v) is 12.4. The van der Waals surface area contributed by atoms with E-state index in [0.717, 1.165) is 71.2 Å². The van der Waals surface area contributed by atoms with Gasteiger partial charge in [-0.2, -0.15) is 5.10 Å². The van der Waals surface area contributed by atoms with Crippen molar-refractivity contribution >= 4 is 22.4 Å². The van der Waals surface area contributed by atoms with E-state index in [1.807, 2.05) is 48.3 Å². The molecule has 37 heavy (non-hydrogen) atoms. The number of methoxy groups -OCH3 is 2. The van der Waals surface area contributed by atoms with E-state index < -0.39 is 0 Å². The number of nitrogens with one attached hydrogen (secondary N) is 1. The highest BCUT2D eigenvalue weighted by molar-refractivity contribution is 5.82. The Hall–Kier alpha value is -4.09. The Morgan fingerprint density at radius 1 is 1.00 bits per heavy atom. The Morgan fingerprint density at radius 3 is 2.49 bits per heavy atom. The van der Waals surface area contributed by atoms with Crippen LogP contribution in [-0.2, 0) is 6.54 Å². The van der Waals surface area contributed by atoms with Gasteiger partial charge >= 0.3 is 0 Å². The number of rotatable bonds is 11. The highest BCUT2D eigenvalue weighted by Gasteiger charge is 2.15. The van der Waals surface area contributed by atoms with Crippen molar-refractivity contribution in [2.45, 2.75) is 39.8 Å². The number of aromatic nitrogens is 4. The third-order valence-electron chi connectivity index (χ3n) is 5.95. The predicted molar refractivity (Wildman–Crippen MR) is 149 cm³/mol. The Bertz CT molecular complexity index is 1380. The van der Waals surface area contributed by atoms with E-state index in [0.29, 0.717) is 6.04 Å². The summed E-state index contributed by atoms with van der Waals surface area (Å²) in [6.45, 7) is 8.44. The van der Waals surface area contributed by atoms with Crippen LogP contribution in [0.2, 0.25) is 0 Å². The fourth-order valence-electron chi connectivity index (χ4n) is 4.04. The number of hydrogen-bond donors (Lipinski definition) is 1. The molecule has 192 valence electrons. The minimum Gasteiger partial charge on any atom is -0.497 e. The second-order valence-corrected chi connectivity index (χ2v) is 8.93. The van der Waals surface area contributed by atoms with Crippen molar-refractivity contribution in [3.8, 4) is 34.6 Å². The van der Waals surface area contributed by atoms with Gasteiger partial charge in [-0.05, 0) is 25.1 Å². The molecule has 4 rings (SSSR count). The number of ether oxygens (including phenoxy) is 2. The number of anilines is 2. The summed E-state index contributed by atoms with van der Waals surface area (Å²) in [5.41, 5.74) is 5.35. The van der Waals surface area contributed by atoms with Crippen LogP contribution in [0.25, 0.3) is 22.3 Å². The van der Waals surface area contributed by atoms with Gasteiger partial charge in [-0.3, -0.25) is 9.67 Å². The molecule has 2 heterocycles. The first kappa shape index (κ1) is 26.0. The molecule has 0 bridgehead atoms. The molecule has 8 nitrogen and oxygen atoms in total. The van der Waals surface area contributed by atoms with Crippen molar-refractivity contribution in [3.63, 3.8) is 0 Å². The van der Waals surface area contributed by atoms with Gasteiger partial charge in [-0.25, -0.2) is 4.98 Å². The molecule has 0 aliphatic rings. The summed E-state index contributed by atoms with van der Waals surface area (Å²) in [4.78, 5) is 11.8. The van der Waals surface area contributed by atoms with E-state index >= 15 is 0 Å². The summed E-state index contributed by atoms with van der Waals surface area (Å²) >= 11 is 0. The third kappa shape index (κ3) is 6.57. The van der Waals surface area contributed by atoms with Crippen LogP contribution in [0.3, 0.4) is 0 Å². The molecule has 0 amide bonds. The fraction of sp³-hybridized carbons (Fsp3) is 0.345. The van der Waals surface area contributed by atoms with Crippen LogP contribution in [0.1, 0.15) is 27.2 Å². The van der Waals surface area contributed by atoms with Gasteiger partial charge in [0.25, 0.3) is 0 Å². The van der Waals surface area contributed by atoms with Crippen molar-refractivity contribution in [3.05, 3.63) is 55.0 Å². The topological polar surface area (TPSA) is 77.3 Å². The summed E-state index contributed by atoms with van der Waals surface area (Å²) in [7, 11) is 3.32. The Labute approximate surface area is 218 Å². The summed E-state index contributed by atoms with van der Waals surface area (Å²) in [6, 6.07) is 12.5. The lowest BCUT2D eigenvalue weighted by Crippen LogP contribution is -2.32. The van der Waals surface area contributed by atoms with E-state index in [-0.39, 0.29) is 0 Å². The Morgan fingerprint density at radius 2 is 1.78 bits per heavy atom. The first-order valence-electron chi connectivity index (χ1n) is 12.4. The molecule has 1 N–H and O–H groups in total. The summed E-state index contributed by atoms with van der Waals surface area (Å²) in [5.74, 6) is 7.46. The lowest BCUT2D eigenvalue weighted by Gasteiger charge is -2.27. The number of aryl methyl sites for hydroxylation is 1. The van der Waals surface area contributed by atoms with Crippen LogP contribution in [0.4, 0.5) is 11.4 Å². The van der Waals surface area contributed by atoms with E-state index in [9.17, 15) is 0 Å². The van der Waals surface area contributed by atoms with Gasteiger partial charge < -0.3 is 19.7 Å². The highest BCUT2D eigenvalue weighted by atomic mass is 16.5. The molecule has 2 aromatic heterocycles. The molecule has 0 unspecified atom stereocenters. The van der Waals surface area contributed by atoms with Gasteiger partial charge in [-0.1, -0.05) is 13.8 Å². The highest BCUT2D eigenvalue weighted by Crippen LogP contribution is 2.34. The van der Waals surface area contributed by atoms with Crippen LogP contribution in [-0.4, -0.2) is 53.1 Å². The first-order chi connectivity index (χ1) is 18.0. The third-order valence-corrected chi connectivity index (χ3v) is 5.95. The SMILES string of the molecule is CC#CCCn1cc(-c2cnc3ccc(N(CCNC(C)C)c4cc(OC)cc(OC)c4)cc3n2)cn1. The second-order valence-electron chi connectivity index (χ2n) is 8.93. The van der Waals surface area contributed by atoms with Gasteiger partial charge in [0.15, 0.2) is 0 Å². The molecular weight excluding hydrogens is 464 g/mol. The zero-order valence-electron chi connectivity index (χ0n) is 22.2. The van der Waals surface area contributed by atoms with Crippen LogP contribution in [0.15, 0.2) is 55.0 Å². The molecule has 4 aromatic rings. The fourth-order valence-corrected chi connectivity index (χ4v) is 4.04. The van der Waals surface area contributed by atoms with E-state index in [1.54, 1.807) is 20.4 Å². The van der Waals surface area contributed by atoms with E-state index in [2.05, 4.69) is 58.1 Å². The normalized spacial score (nSPS) is 10.9. The molecule has 0 aliphatic carbocycles. The smallest absolute Gasteiger partial charge is 0.124 e. The Balaban J connectivity index is 1.69. The maximum Gasteiger partial charge on any atom is 0.124 e. The van der Waals surface area contributed by atoms with Gasteiger partial charge in [0, 0.05) is 66.9 Å². The average Bonchev–Trinajstić information content (AvgIpc) is 3.39. The average molecular weight is 499 g/mol. The molecule has 0 fully saturated rings. The molecule has 0 atom stereocenters. The van der Waals surface area contributed by atoms with Crippen molar-refractivity contribution in [2.75, 3.05) is 32.2 Å². The second kappa shape index (κ2) is 12.2. The van der Waals surface area contributed by atoms with Crippen LogP contribution >= 0.6 is 0 Å². The molecule has 8 heteroatoms. The number of fused-ring (bicyclic) bond motifs is 1. The largest absolute Gasteiger partial charge is 0.497 e. The number of nitrogens with zero attached hydrogens (tertiary/aromatic N) is 5. The van der Waals surface area contributed by atoms with Crippen molar-refractivity contribution < 1.29 is 9.47 Å². The zero-order chi connectivity index (χ0) is 26.2. The minimum atomic E-state index is 0.390. The monoisotopic (exact) mass is 498 g/mol. The number of benzene rings is 2. The van der Waals surface area contributed by atoms with Crippen molar-refractivity contribution in [1.29, 1.82) is 0 Å². The van der Waals surface area contributed by atoms with E-state index in [4.69, 9.17) is 14.5 Å². The van der Waals surface area contributed by atoms with E-state index in [1.165, 1.54) is 0 Å². The van der Waals surface area contributed by atoms with Crippen LogP contribution in [0, 0.1) is 11.8 Å². The van der Waals surface area contributed by atoms with Gasteiger partial charge in [0.1, 0.15) is 11.5 Å². The van der Waals surface area contributed by atoms with Gasteiger partial charge in [-0.15, -0.1) is 11.8 Å². The van der Waals surface area contributed by atoms with Gasteiger partial charge in [0.05, 0.1) is 49.9 Å². The molecule has 2 aromatic carbocycles. The lowest BCUT2D eigenvalue weighted by molar-refractivity contribution is 0.394. The minimum absolute atomic E-state index is 0.390. The molecule has 0 aliphatic heterocycles. The van der Waals surface area contributed by atoms with Crippen molar-refractivity contribution in [1.82, 2.24) is 25.1 Å². The molecule has 0 radical (unpaired) electrons. The number of hydrogen-bond acceptors (Lipinski definition) is 7. The van der Waals surface area contributed by atoms with Gasteiger partial charge in [0.2, 0.25) is 0 Å². The molecule has 0 saturated carbocycles. The van der Waals surface area contributed by atoms with Crippen LogP contribution in [0.5, 0.6) is 11.5 Å². The zero-order valence-corrected chi connectivity index (χ0v) is 22.2. The summed E-state index contributed by atoms with van der Waals surface area (Å²) in [6.07, 6.45) is 6.38.